The highest BCUT2D eigenvalue weighted by molar-refractivity contribution is 7.10. The van der Waals surface area contributed by atoms with Crippen LogP contribution in [0.3, 0.4) is 0 Å². The molecule has 0 atom stereocenters. The molecule has 2 aromatic heterocycles. The van der Waals surface area contributed by atoms with Crippen molar-refractivity contribution in [1.29, 1.82) is 5.26 Å². The number of thiophene rings is 1. The Bertz CT molecular complexity index is 507. The van der Waals surface area contributed by atoms with E-state index in [1.54, 1.807) is 22.7 Å². The van der Waals surface area contributed by atoms with Gasteiger partial charge in [0.05, 0.1) is 16.8 Å². The molecule has 0 aromatic carbocycles. The maximum atomic E-state index is 8.69. The smallest absolute Gasteiger partial charge is 0.100 e. The normalized spacial score (nSPS) is 10.2. The molecule has 3 nitrogen and oxygen atoms in total. The zero-order chi connectivity index (χ0) is 11.4. The van der Waals surface area contributed by atoms with E-state index in [1.165, 1.54) is 9.75 Å². The van der Waals surface area contributed by atoms with Gasteiger partial charge in [-0.05, 0) is 13.0 Å². The molecule has 5 heteroatoms. The molecule has 0 aliphatic rings. The number of rotatable bonds is 4. The number of hydrogen-bond donors (Lipinski definition) is 1. The summed E-state index contributed by atoms with van der Waals surface area (Å²) in [7, 11) is 0. The van der Waals surface area contributed by atoms with E-state index in [9.17, 15) is 0 Å². The van der Waals surface area contributed by atoms with Crippen molar-refractivity contribution >= 4 is 22.7 Å². The van der Waals surface area contributed by atoms with Crippen LogP contribution in [0, 0.1) is 18.3 Å². The molecule has 0 bridgehead atoms. The minimum atomic E-state index is 0.746. The fraction of sp³-hybridized carbons (Fsp3) is 0.273. The quantitative estimate of drug-likeness (QED) is 0.906. The lowest BCUT2D eigenvalue weighted by atomic mass is 10.3. The van der Waals surface area contributed by atoms with Crippen molar-refractivity contribution in [3.8, 4) is 6.07 Å². The summed E-state index contributed by atoms with van der Waals surface area (Å²) in [5.74, 6) is 0. The summed E-state index contributed by atoms with van der Waals surface area (Å²) in [5, 5.41) is 13.9. The Balaban J connectivity index is 1.85. The molecule has 1 N–H and O–H groups in total. The molecule has 0 saturated carbocycles. The Morgan fingerprint density at radius 2 is 2.31 bits per heavy atom. The van der Waals surface area contributed by atoms with Crippen LogP contribution in [0.2, 0.25) is 0 Å². The second kappa shape index (κ2) is 5.21. The van der Waals surface area contributed by atoms with Gasteiger partial charge in [-0.3, -0.25) is 0 Å². The second-order valence-corrected chi connectivity index (χ2v) is 5.31. The van der Waals surface area contributed by atoms with E-state index >= 15 is 0 Å². The number of thiazole rings is 1. The number of aromatic nitrogens is 1. The molecule has 2 rings (SSSR count). The van der Waals surface area contributed by atoms with Crippen molar-refractivity contribution in [2.45, 2.75) is 20.0 Å². The highest BCUT2D eigenvalue weighted by atomic mass is 32.1. The molecule has 0 saturated heterocycles. The number of nitriles is 1. The molecular weight excluding hydrogens is 238 g/mol. The van der Waals surface area contributed by atoms with E-state index in [1.807, 2.05) is 23.9 Å². The first-order valence-electron chi connectivity index (χ1n) is 4.87. The van der Waals surface area contributed by atoms with Gasteiger partial charge in [0.25, 0.3) is 0 Å². The lowest BCUT2D eigenvalue weighted by Gasteiger charge is -2.00. The van der Waals surface area contributed by atoms with Gasteiger partial charge in [-0.2, -0.15) is 5.26 Å². The van der Waals surface area contributed by atoms with E-state index in [4.69, 9.17) is 5.26 Å². The van der Waals surface area contributed by atoms with Crippen LogP contribution in [-0.4, -0.2) is 4.98 Å². The lowest BCUT2D eigenvalue weighted by molar-refractivity contribution is 0.705. The van der Waals surface area contributed by atoms with Gasteiger partial charge in [-0.15, -0.1) is 22.7 Å². The number of nitrogens with one attached hydrogen (secondary N) is 1. The van der Waals surface area contributed by atoms with Gasteiger partial charge in [-0.25, -0.2) is 4.98 Å². The maximum Gasteiger partial charge on any atom is 0.100 e. The molecule has 82 valence electrons. The summed E-state index contributed by atoms with van der Waals surface area (Å²) < 4.78 is 0. The third-order valence-corrected chi connectivity index (χ3v) is 4.08. The Hall–Kier alpha value is -1.22. The minimum Gasteiger partial charge on any atom is -0.307 e. The topological polar surface area (TPSA) is 48.7 Å². The Labute approximate surface area is 102 Å². The van der Waals surface area contributed by atoms with Crippen LogP contribution >= 0.6 is 22.7 Å². The summed E-state index contributed by atoms with van der Waals surface area (Å²) in [4.78, 5) is 6.67. The molecule has 0 unspecified atom stereocenters. The summed E-state index contributed by atoms with van der Waals surface area (Å²) >= 11 is 3.29. The molecule has 2 aromatic rings. The van der Waals surface area contributed by atoms with Crippen molar-refractivity contribution in [2.75, 3.05) is 0 Å². The van der Waals surface area contributed by atoms with Crippen molar-refractivity contribution in [2.24, 2.45) is 0 Å². The van der Waals surface area contributed by atoms with E-state index in [2.05, 4.69) is 16.4 Å². The second-order valence-electron chi connectivity index (χ2n) is 3.38. The van der Waals surface area contributed by atoms with E-state index in [-0.39, 0.29) is 0 Å². The maximum absolute atomic E-state index is 8.69. The highest BCUT2D eigenvalue weighted by Gasteiger charge is 2.02. The van der Waals surface area contributed by atoms with E-state index < -0.39 is 0 Å². The molecule has 2 heterocycles. The Kier molecular flexibility index (Phi) is 3.67. The summed E-state index contributed by atoms with van der Waals surface area (Å²) in [6.07, 6.45) is 0. The molecule has 0 amide bonds. The minimum absolute atomic E-state index is 0.746. The van der Waals surface area contributed by atoms with Crippen LogP contribution in [-0.2, 0) is 13.1 Å². The van der Waals surface area contributed by atoms with Crippen molar-refractivity contribution in [3.63, 3.8) is 0 Å². The molecule has 0 fully saturated rings. The molecule has 0 spiro atoms. The van der Waals surface area contributed by atoms with Crippen LogP contribution < -0.4 is 5.32 Å². The number of hydrogen-bond acceptors (Lipinski definition) is 5. The number of nitrogens with zero attached hydrogens (tertiary/aromatic N) is 2. The standard InChI is InChI=1S/C11H11N3S2/c1-8-11(16-7-14-8)5-13-4-10-2-9(3-12)6-15-10/h2,6-7,13H,4-5H2,1H3. The molecule has 0 aliphatic carbocycles. The molecule has 0 aliphatic heterocycles. The first-order valence-corrected chi connectivity index (χ1v) is 6.62. The summed E-state index contributed by atoms with van der Waals surface area (Å²) in [6.45, 7) is 3.67. The highest BCUT2D eigenvalue weighted by Crippen LogP contribution is 2.15. The van der Waals surface area contributed by atoms with Crippen LogP contribution in [0.4, 0.5) is 0 Å². The first-order chi connectivity index (χ1) is 7.79. The predicted octanol–water partition coefficient (Wildman–Crippen LogP) is 2.67. The SMILES string of the molecule is Cc1ncsc1CNCc1cc(C#N)cs1. The lowest BCUT2D eigenvalue weighted by Crippen LogP contribution is -2.11. The fourth-order valence-electron chi connectivity index (χ4n) is 1.33. The fourth-order valence-corrected chi connectivity index (χ4v) is 2.85. The molecular formula is C11H11N3S2. The zero-order valence-corrected chi connectivity index (χ0v) is 10.5. The average molecular weight is 249 g/mol. The molecule has 16 heavy (non-hydrogen) atoms. The van der Waals surface area contributed by atoms with Crippen LogP contribution in [0.15, 0.2) is 17.0 Å². The van der Waals surface area contributed by atoms with Crippen molar-refractivity contribution < 1.29 is 0 Å². The van der Waals surface area contributed by atoms with Gasteiger partial charge in [0.15, 0.2) is 0 Å². The zero-order valence-electron chi connectivity index (χ0n) is 8.86. The third kappa shape index (κ3) is 2.67. The average Bonchev–Trinajstić information content (AvgIpc) is 2.89. The van der Waals surface area contributed by atoms with E-state index in [0.29, 0.717) is 0 Å². The van der Waals surface area contributed by atoms with Crippen molar-refractivity contribution in [1.82, 2.24) is 10.3 Å². The van der Waals surface area contributed by atoms with Gasteiger partial charge < -0.3 is 5.32 Å². The summed E-state index contributed by atoms with van der Waals surface area (Å²) in [5.41, 5.74) is 3.71. The predicted molar refractivity (Wildman–Crippen MR) is 66.4 cm³/mol. The van der Waals surface area contributed by atoms with Crippen molar-refractivity contribution in [3.05, 3.63) is 38.0 Å². The summed E-state index contributed by atoms with van der Waals surface area (Å²) in [6, 6.07) is 4.06. The Morgan fingerprint density at radius 3 is 2.94 bits per heavy atom. The van der Waals surface area contributed by atoms with Gasteiger partial charge >= 0.3 is 0 Å². The van der Waals surface area contributed by atoms with Crippen LogP contribution in [0.1, 0.15) is 21.0 Å². The van der Waals surface area contributed by atoms with E-state index in [0.717, 1.165) is 24.3 Å². The monoisotopic (exact) mass is 249 g/mol. The largest absolute Gasteiger partial charge is 0.307 e. The van der Waals surface area contributed by atoms with Gasteiger partial charge in [0.2, 0.25) is 0 Å². The first kappa shape index (κ1) is 11.3. The van der Waals surface area contributed by atoms with Crippen LogP contribution in [0.5, 0.6) is 0 Å². The molecule has 0 radical (unpaired) electrons. The Morgan fingerprint density at radius 1 is 1.44 bits per heavy atom. The van der Waals surface area contributed by atoms with Crippen LogP contribution in [0.25, 0.3) is 0 Å². The van der Waals surface area contributed by atoms with Gasteiger partial charge in [-0.1, -0.05) is 0 Å². The number of aryl methyl sites for hydroxylation is 1. The van der Waals surface area contributed by atoms with Gasteiger partial charge in [0, 0.05) is 28.2 Å². The van der Waals surface area contributed by atoms with Gasteiger partial charge in [0.1, 0.15) is 6.07 Å². The third-order valence-electron chi connectivity index (χ3n) is 2.21.